The molecule has 1 fully saturated rings. The maximum absolute atomic E-state index is 12.6. The predicted molar refractivity (Wildman–Crippen MR) is 116 cm³/mol. The lowest BCUT2D eigenvalue weighted by Crippen LogP contribution is -2.40. The van der Waals surface area contributed by atoms with Crippen LogP contribution in [0.5, 0.6) is 0 Å². The number of benzene rings is 2. The highest BCUT2D eigenvalue weighted by molar-refractivity contribution is 5.95. The Hall–Kier alpha value is -3.41. The van der Waals surface area contributed by atoms with Crippen molar-refractivity contribution in [2.45, 2.75) is 19.8 Å². The molecule has 2 aromatic carbocycles. The molecule has 30 heavy (non-hydrogen) atoms. The van der Waals surface area contributed by atoms with Gasteiger partial charge in [-0.25, -0.2) is 4.79 Å². The van der Waals surface area contributed by atoms with E-state index in [-0.39, 0.29) is 23.7 Å². The summed E-state index contributed by atoms with van der Waals surface area (Å²) in [5.74, 6) is -0.622. The molecule has 1 aliphatic rings. The topological polar surface area (TPSA) is 75.7 Å². The second-order valence-electron chi connectivity index (χ2n) is 7.13. The highest BCUT2D eigenvalue weighted by Crippen LogP contribution is 2.20. The van der Waals surface area contributed by atoms with Crippen LogP contribution in [0.4, 0.5) is 5.69 Å². The average Bonchev–Trinajstić information content (AvgIpc) is 2.79. The van der Waals surface area contributed by atoms with Gasteiger partial charge in [-0.1, -0.05) is 30.3 Å². The maximum Gasteiger partial charge on any atom is 0.338 e. The van der Waals surface area contributed by atoms with Gasteiger partial charge in [0.25, 0.3) is 0 Å². The summed E-state index contributed by atoms with van der Waals surface area (Å²) in [6.45, 7) is 3.18. The molecule has 0 aliphatic carbocycles. The molecule has 0 saturated carbocycles. The third-order valence-corrected chi connectivity index (χ3v) is 5.06. The number of ether oxygens (including phenoxy) is 1. The molecule has 0 aromatic heterocycles. The van der Waals surface area contributed by atoms with E-state index in [1.165, 1.54) is 0 Å². The first-order valence-corrected chi connectivity index (χ1v) is 10.2. The van der Waals surface area contributed by atoms with Gasteiger partial charge in [0.1, 0.15) is 0 Å². The van der Waals surface area contributed by atoms with Crippen LogP contribution in [0.15, 0.2) is 60.7 Å². The average molecular weight is 406 g/mol. The highest BCUT2D eigenvalue weighted by atomic mass is 16.5. The highest BCUT2D eigenvalue weighted by Gasteiger charge is 2.26. The monoisotopic (exact) mass is 406 g/mol. The van der Waals surface area contributed by atoms with E-state index in [0.717, 1.165) is 5.56 Å². The van der Waals surface area contributed by atoms with Gasteiger partial charge in [-0.05, 0) is 55.7 Å². The molecule has 1 N–H and O–H groups in total. The zero-order valence-corrected chi connectivity index (χ0v) is 17.0. The SMILES string of the molecule is CCOC(=O)c1ccc(NC(=O)C2CCN(C(=O)/C=C/c3ccccc3)CC2)cc1. The molecular formula is C24H26N2O4. The molecule has 0 atom stereocenters. The van der Waals surface area contributed by atoms with Crippen molar-refractivity contribution in [1.29, 1.82) is 0 Å². The summed E-state index contributed by atoms with van der Waals surface area (Å²) in [7, 11) is 0. The van der Waals surface area contributed by atoms with E-state index in [0.29, 0.717) is 43.8 Å². The fraction of sp³-hybridized carbons (Fsp3) is 0.292. The smallest absolute Gasteiger partial charge is 0.338 e. The number of rotatable bonds is 6. The molecule has 1 heterocycles. The zero-order chi connectivity index (χ0) is 21.3. The first kappa shape index (κ1) is 21.3. The van der Waals surface area contributed by atoms with Gasteiger partial charge in [0, 0.05) is 30.8 Å². The molecule has 0 spiro atoms. The Morgan fingerprint density at radius 1 is 1.03 bits per heavy atom. The third kappa shape index (κ3) is 5.80. The number of carbonyl (C=O) groups excluding carboxylic acids is 3. The summed E-state index contributed by atoms with van der Waals surface area (Å²) in [5.41, 5.74) is 2.07. The molecule has 0 radical (unpaired) electrons. The number of hydrogen-bond acceptors (Lipinski definition) is 4. The van der Waals surface area contributed by atoms with Crippen molar-refractivity contribution < 1.29 is 19.1 Å². The lowest BCUT2D eigenvalue weighted by molar-refractivity contribution is -0.130. The number of anilines is 1. The quantitative estimate of drug-likeness (QED) is 0.586. The second kappa shape index (κ2) is 10.4. The minimum atomic E-state index is -0.381. The van der Waals surface area contributed by atoms with Gasteiger partial charge in [-0.15, -0.1) is 0 Å². The van der Waals surface area contributed by atoms with Gasteiger partial charge in [-0.2, -0.15) is 0 Å². The summed E-state index contributed by atoms with van der Waals surface area (Å²) in [6, 6.07) is 16.3. The van der Waals surface area contributed by atoms with Crippen molar-refractivity contribution in [3.63, 3.8) is 0 Å². The molecule has 2 aromatic rings. The number of nitrogens with one attached hydrogen (secondary N) is 1. The molecule has 0 unspecified atom stereocenters. The van der Waals surface area contributed by atoms with E-state index in [1.54, 1.807) is 48.2 Å². The second-order valence-corrected chi connectivity index (χ2v) is 7.13. The van der Waals surface area contributed by atoms with Gasteiger partial charge in [0.2, 0.25) is 11.8 Å². The Labute approximate surface area is 176 Å². The van der Waals surface area contributed by atoms with Gasteiger partial charge < -0.3 is 15.0 Å². The van der Waals surface area contributed by atoms with Gasteiger partial charge in [-0.3, -0.25) is 9.59 Å². The van der Waals surface area contributed by atoms with Crippen LogP contribution in [-0.2, 0) is 14.3 Å². The van der Waals surface area contributed by atoms with Crippen LogP contribution in [0, 0.1) is 5.92 Å². The molecule has 1 aliphatic heterocycles. The molecule has 156 valence electrons. The van der Waals surface area contributed by atoms with Crippen LogP contribution in [0.3, 0.4) is 0 Å². The van der Waals surface area contributed by atoms with Crippen molar-refractivity contribution in [3.8, 4) is 0 Å². The van der Waals surface area contributed by atoms with E-state index < -0.39 is 0 Å². The van der Waals surface area contributed by atoms with Gasteiger partial charge in [0.05, 0.1) is 12.2 Å². The summed E-state index contributed by atoms with van der Waals surface area (Å²) >= 11 is 0. The van der Waals surface area contributed by atoms with Crippen LogP contribution in [0.25, 0.3) is 6.08 Å². The van der Waals surface area contributed by atoms with Crippen molar-refractivity contribution in [3.05, 3.63) is 71.8 Å². The molecule has 6 nitrogen and oxygen atoms in total. The summed E-state index contributed by atoms with van der Waals surface area (Å²) < 4.78 is 4.95. The molecule has 6 heteroatoms. The van der Waals surface area contributed by atoms with Crippen molar-refractivity contribution in [1.82, 2.24) is 4.90 Å². The van der Waals surface area contributed by atoms with Crippen LogP contribution in [0.1, 0.15) is 35.7 Å². The van der Waals surface area contributed by atoms with E-state index in [1.807, 2.05) is 30.3 Å². The Morgan fingerprint density at radius 3 is 2.33 bits per heavy atom. The van der Waals surface area contributed by atoms with Crippen LogP contribution in [-0.4, -0.2) is 42.4 Å². The number of nitrogens with zero attached hydrogens (tertiary/aromatic N) is 1. The number of carbonyl (C=O) groups is 3. The fourth-order valence-corrected chi connectivity index (χ4v) is 3.35. The van der Waals surface area contributed by atoms with Crippen molar-refractivity contribution >= 4 is 29.5 Å². The Kier molecular flexibility index (Phi) is 7.38. The predicted octanol–water partition coefficient (Wildman–Crippen LogP) is 3.75. The summed E-state index contributed by atoms with van der Waals surface area (Å²) in [5, 5.41) is 2.89. The lowest BCUT2D eigenvalue weighted by atomic mass is 9.95. The van der Waals surface area contributed by atoms with Gasteiger partial charge >= 0.3 is 5.97 Å². The minimum Gasteiger partial charge on any atom is -0.462 e. The van der Waals surface area contributed by atoms with E-state index in [2.05, 4.69) is 5.32 Å². The van der Waals surface area contributed by atoms with Crippen LogP contribution < -0.4 is 5.32 Å². The number of piperidine rings is 1. The standard InChI is InChI=1S/C24H26N2O4/c1-2-30-24(29)20-9-11-21(12-10-20)25-23(28)19-14-16-26(17-15-19)22(27)13-8-18-6-4-3-5-7-18/h3-13,19H,2,14-17H2,1H3,(H,25,28)/b13-8+. The number of esters is 1. The van der Waals surface area contributed by atoms with Crippen LogP contribution >= 0.6 is 0 Å². The molecule has 3 rings (SSSR count). The number of likely N-dealkylation sites (tertiary alicyclic amines) is 1. The number of hydrogen-bond donors (Lipinski definition) is 1. The largest absolute Gasteiger partial charge is 0.462 e. The Morgan fingerprint density at radius 2 is 1.70 bits per heavy atom. The zero-order valence-electron chi connectivity index (χ0n) is 17.0. The van der Waals surface area contributed by atoms with Crippen molar-refractivity contribution in [2.75, 3.05) is 25.0 Å². The maximum atomic E-state index is 12.6. The number of amides is 2. The first-order valence-electron chi connectivity index (χ1n) is 10.2. The van der Waals surface area contributed by atoms with E-state index >= 15 is 0 Å². The third-order valence-electron chi connectivity index (χ3n) is 5.06. The molecule has 0 bridgehead atoms. The van der Waals surface area contributed by atoms with E-state index in [4.69, 9.17) is 4.74 Å². The lowest BCUT2D eigenvalue weighted by Gasteiger charge is -2.30. The first-order chi connectivity index (χ1) is 14.6. The minimum absolute atomic E-state index is 0.0349. The van der Waals surface area contributed by atoms with Crippen molar-refractivity contribution in [2.24, 2.45) is 5.92 Å². The van der Waals surface area contributed by atoms with E-state index in [9.17, 15) is 14.4 Å². The normalized spacial score (nSPS) is 14.5. The molecular weight excluding hydrogens is 380 g/mol. The summed E-state index contributed by atoms with van der Waals surface area (Å²) in [4.78, 5) is 38.4. The molecule has 2 amide bonds. The summed E-state index contributed by atoms with van der Waals surface area (Å²) in [6.07, 6.45) is 4.64. The molecule has 1 saturated heterocycles. The fourth-order valence-electron chi connectivity index (χ4n) is 3.35. The van der Waals surface area contributed by atoms with Crippen LogP contribution in [0.2, 0.25) is 0 Å². The Bertz CT molecular complexity index is 899. The Balaban J connectivity index is 1.47. The van der Waals surface area contributed by atoms with Gasteiger partial charge in [0.15, 0.2) is 0 Å².